The minimum absolute atomic E-state index is 0.121. The van der Waals surface area contributed by atoms with Crippen LogP contribution < -0.4 is 16.0 Å². The first-order valence-corrected chi connectivity index (χ1v) is 9.30. The summed E-state index contributed by atoms with van der Waals surface area (Å²) in [7, 11) is 0. The van der Waals surface area contributed by atoms with Crippen LogP contribution in [0.25, 0.3) is 0 Å². The third-order valence-corrected chi connectivity index (χ3v) is 5.18. The van der Waals surface area contributed by atoms with Crippen molar-refractivity contribution in [1.29, 1.82) is 5.26 Å². The molecule has 0 aromatic heterocycles. The highest BCUT2D eigenvalue weighted by molar-refractivity contribution is 7.93. The van der Waals surface area contributed by atoms with Crippen LogP contribution in [0.15, 0.2) is 58.6 Å². The maximum Gasteiger partial charge on any atom is 0.326 e. The molecule has 1 heterocycles. The molecule has 0 radical (unpaired) electrons. The monoisotopic (exact) mass is 412 g/mol. The fourth-order valence-electron chi connectivity index (χ4n) is 3.31. The van der Waals surface area contributed by atoms with E-state index in [1.807, 2.05) is 6.07 Å². The van der Waals surface area contributed by atoms with E-state index in [0.29, 0.717) is 45.0 Å². The van der Waals surface area contributed by atoms with E-state index >= 15 is 0 Å². The number of rotatable bonds is 5. The molecule has 3 rings (SSSR count). The van der Waals surface area contributed by atoms with E-state index in [2.05, 4.69) is 5.32 Å². The number of nitriles is 1. The molecule has 0 fully saturated rings. The number of carbonyl (C=O) groups is 2. The van der Waals surface area contributed by atoms with Gasteiger partial charge in [0.2, 0.25) is 5.91 Å². The van der Waals surface area contributed by atoms with Crippen molar-refractivity contribution in [3.8, 4) is 6.07 Å². The van der Waals surface area contributed by atoms with Gasteiger partial charge in [-0.3, -0.25) is 9.69 Å². The Kier molecular flexibility index (Phi) is 5.87. The average molecular weight is 412 g/mol. The predicted octanol–water partition coefficient (Wildman–Crippen LogP) is 3.62. The van der Waals surface area contributed by atoms with E-state index in [1.165, 1.54) is 23.1 Å². The molecule has 148 valence electrons. The highest BCUT2D eigenvalue weighted by Crippen LogP contribution is 2.37. The summed E-state index contributed by atoms with van der Waals surface area (Å²) in [5, 5.41) is 11.8. The topological polar surface area (TPSA) is 119 Å². The molecule has 4 N–H and O–H groups in total. The Balaban J connectivity index is 2.15. The first kappa shape index (κ1) is 20.4. The van der Waals surface area contributed by atoms with Crippen molar-refractivity contribution in [2.45, 2.75) is 24.5 Å². The number of urea groups is 1. The van der Waals surface area contributed by atoms with Gasteiger partial charge >= 0.3 is 6.03 Å². The molecular formula is C20H17FN4O3S. The number of hydrogen-bond acceptors (Lipinski definition) is 5. The normalized spacial score (nSPS) is 16.4. The van der Waals surface area contributed by atoms with E-state index in [-0.39, 0.29) is 5.57 Å². The Morgan fingerprint density at radius 1 is 1.38 bits per heavy atom. The number of primary amides is 1. The second-order valence-corrected chi connectivity index (χ2v) is 6.96. The highest BCUT2D eigenvalue weighted by Gasteiger charge is 2.36. The lowest BCUT2D eigenvalue weighted by Gasteiger charge is -2.35. The zero-order valence-electron chi connectivity index (χ0n) is 15.3. The van der Waals surface area contributed by atoms with Gasteiger partial charge in [0.15, 0.2) is 0 Å². The van der Waals surface area contributed by atoms with Crippen molar-refractivity contribution < 1.29 is 18.5 Å². The van der Waals surface area contributed by atoms with Gasteiger partial charge in [0.1, 0.15) is 6.67 Å². The van der Waals surface area contributed by atoms with Crippen LogP contribution in [0.3, 0.4) is 0 Å². The van der Waals surface area contributed by atoms with Gasteiger partial charge in [-0.15, -0.1) is 0 Å². The molecule has 1 aliphatic heterocycles. The molecule has 29 heavy (non-hydrogen) atoms. The molecule has 0 saturated heterocycles. The number of carbonyl (C=O) groups excluding carboxylic acids is 2. The minimum atomic E-state index is -0.914. The van der Waals surface area contributed by atoms with Gasteiger partial charge in [-0.1, -0.05) is 18.2 Å². The Hall–Kier alpha value is -3.35. The van der Waals surface area contributed by atoms with Crippen molar-refractivity contribution in [2.75, 3.05) is 4.90 Å². The summed E-state index contributed by atoms with van der Waals surface area (Å²) in [6, 6.07) is 11.4. The summed E-state index contributed by atoms with van der Waals surface area (Å²) in [5.74, 6) is -0.752. The number of halogens is 1. The van der Waals surface area contributed by atoms with Crippen molar-refractivity contribution in [3.05, 3.63) is 70.4 Å². The number of alkyl halides is 1. The Morgan fingerprint density at radius 3 is 2.76 bits per heavy atom. The van der Waals surface area contributed by atoms with Gasteiger partial charge < -0.3 is 15.6 Å². The Bertz CT molecular complexity index is 1060. The van der Waals surface area contributed by atoms with Gasteiger partial charge in [-0.2, -0.15) is 5.26 Å². The lowest BCUT2D eigenvalue weighted by Crippen LogP contribution is -2.49. The van der Waals surface area contributed by atoms with E-state index < -0.39 is 24.7 Å². The Labute approximate surface area is 170 Å². The van der Waals surface area contributed by atoms with Crippen LogP contribution >= 0.6 is 12.0 Å². The number of nitrogens with one attached hydrogen (secondary N) is 1. The minimum Gasteiger partial charge on any atom is -0.366 e. The smallest absolute Gasteiger partial charge is 0.326 e. The van der Waals surface area contributed by atoms with Crippen molar-refractivity contribution in [2.24, 2.45) is 5.73 Å². The quantitative estimate of drug-likeness (QED) is 0.648. The molecule has 0 spiro atoms. The molecule has 3 amide bonds. The maximum absolute atomic E-state index is 13.0. The van der Waals surface area contributed by atoms with E-state index in [9.17, 15) is 18.5 Å². The standard InChI is InChI=1S/C20H17FN4O3S/c1-11-17(19(23)26)18(15-6-5-13(10-22)8-16(15)29-28)24-20(27)25(11)14-4-2-3-12(7-14)9-21/h2-8,18,28H,9H2,1H3,(H2,23,26)(H,24,27)/t18-/m1/s1. The van der Waals surface area contributed by atoms with Crippen molar-refractivity contribution in [3.63, 3.8) is 0 Å². The van der Waals surface area contributed by atoms with Gasteiger partial charge in [0.05, 0.1) is 28.9 Å². The fourth-order valence-corrected chi connectivity index (χ4v) is 3.78. The summed E-state index contributed by atoms with van der Waals surface area (Å²) < 4.78 is 22.7. The second kappa shape index (κ2) is 8.34. The summed E-state index contributed by atoms with van der Waals surface area (Å²) >= 11 is 0.405. The summed E-state index contributed by atoms with van der Waals surface area (Å²) in [5.41, 5.74) is 7.55. The molecule has 0 bridgehead atoms. The van der Waals surface area contributed by atoms with Crippen molar-refractivity contribution in [1.82, 2.24) is 5.32 Å². The maximum atomic E-state index is 13.0. The van der Waals surface area contributed by atoms with Crippen LogP contribution in [0.2, 0.25) is 0 Å². The van der Waals surface area contributed by atoms with Gasteiger partial charge in [0, 0.05) is 22.6 Å². The third-order valence-electron chi connectivity index (χ3n) is 4.63. The van der Waals surface area contributed by atoms with E-state index in [1.54, 1.807) is 31.2 Å². The predicted molar refractivity (Wildman–Crippen MR) is 107 cm³/mol. The average Bonchev–Trinajstić information content (AvgIpc) is 2.72. The molecule has 2 aromatic carbocycles. The Morgan fingerprint density at radius 2 is 2.14 bits per heavy atom. The third kappa shape index (κ3) is 3.81. The highest BCUT2D eigenvalue weighted by atomic mass is 32.2. The molecule has 1 aliphatic rings. The number of amides is 3. The summed E-state index contributed by atoms with van der Waals surface area (Å²) in [6.45, 7) is 0.878. The first-order chi connectivity index (χ1) is 13.9. The SMILES string of the molecule is CC1=C(C(N)=O)[C@@H](c2ccc(C#N)cc2SO)NC(=O)N1c1cccc(CF)c1. The lowest BCUT2D eigenvalue weighted by atomic mass is 9.93. The van der Waals surface area contributed by atoms with Crippen LogP contribution in [0.1, 0.15) is 29.7 Å². The summed E-state index contributed by atoms with van der Waals surface area (Å²) in [4.78, 5) is 26.7. The molecule has 0 unspecified atom stereocenters. The molecule has 0 saturated carbocycles. The largest absolute Gasteiger partial charge is 0.366 e. The van der Waals surface area contributed by atoms with Crippen LogP contribution in [0.5, 0.6) is 0 Å². The van der Waals surface area contributed by atoms with Crippen LogP contribution in [0, 0.1) is 11.3 Å². The molecule has 2 aromatic rings. The van der Waals surface area contributed by atoms with Gasteiger partial charge in [0.25, 0.3) is 0 Å². The van der Waals surface area contributed by atoms with E-state index in [0.717, 1.165) is 0 Å². The molecular weight excluding hydrogens is 395 g/mol. The van der Waals surface area contributed by atoms with Crippen LogP contribution in [-0.2, 0) is 11.5 Å². The number of nitrogens with two attached hydrogens (primary N) is 1. The fraction of sp³-hybridized carbons (Fsp3) is 0.150. The lowest BCUT2D eigenvalue weighted by molar-refractivity contribution is -0.115. The molecule has 1 atom stereocenters. The number of anilines is 1. The van der Waals surface area contributed by atoms with Gasteiger partial charge in [-0.25, -0.2) is 9.18 Å². The zero-order valence-corrected chi connectivity index (χ0v) is 16.2. The summed E-state index contributed by atoms with van der Waals surface area (Å²) in [6.07, 6.45) is 0. The number of allylic oxidation sites excluding steroid dienone is 1. The van der Waals surface area contributed by atoms with Crippen LogP contribution in [0.4, 0.5) is 14.9 Å². The molecule has 9 heteroatoms. The number of nitrogens with zero attached hydrogens (tertiary/aromatic N) is 2. The molecule has 0 aliphatic carbocycles. The van der Waals surface area contributed by atoms with Gasteiger partial charge in [-0.05, 0) is 42.3 Å². The molecule has 7 nitrogen and oxygen atoms in total. The second-order valence-electron chi connectivity index (χ2n) is 6.34. The first-order valence-electron chi connectivity index (χ1n) is 8.52. The van der Waals surface area contributed by atoms with Crippen molar-refractivity contribution >= 4 is 29.7 Å². The number of benzene rings is 2. The number of hydrogen-bond donors (Lipinski definition) is 3. The van der Waals surface area contributed by atoms with Crippen LogP contribution in [-0.4, -0.2) is 16.5 Å². The zero-order chi connectivity index (χ0) is 21.1. The van der Waals surface area contributed by atoms with E-state index in [4.69, 9.17) is 11.0 Å².